The molecule has 0 saturated heterocycles. The highest BCUT2D eigenvalue weighted by Crippen LogP contribution is 2.25. The minimum absolute atomic E-state index is 0.262. The summed E-state index contributed by atoms with van der Waals surface area (Å²) in [7, 11) is 0. The van der Waals surface area contributed by atoms with Crippen LogP contribution in [0.15, 0.2) is 30.6 Å². The summed E-state index contributed by atoms with van der Waals surface area (Å²) in [5.41, 5.74) is 0.845. The standard InChI is InChI=1S/C10H7F3N3/c11-10(12,13)9-14-7-16(15-9)6-8-4-2-1-3-5-8/h2-5,7H,6H2. The van der Waals surface area contributed by atoms with E-state index in [1.54, 1.807) is 24.3 Å². The molecule has 0 amide bonds. The van der Waals surface area contributed by atoms with Crippen LogP contribution in [0.4, 0.5) is 13.2 Å². The van der Waals surface area contributed by atoms with E-state index in [2.05, 4.69) is 16.1 Å². The molecule has 83 valence electrons. The van der Waals surface area contributed by atoms with Gasteiger partial charge in [0.25, 0.3) is 5.82 Å². The van der Waals surface area contributed by atoms with Gasteiger partial charge in [-0.15, -0.1) is 5.10 Å². The number of aromatic nitrogens is 3. The fraction of sp³-hybridized carbons (Fsp3) is 0.200. The first-order valence-electron chi connectivity index (χ1n) is 4.47. The summed E-state index contributed by atoms with van der Waals surface area (Å²) >= 11 is 0. The monoisotopic (exact) mass is 226 g/mol. The molecule has 1 aromatic heterocycles. The number of hydrogen-bond acceptors (Lipinski definition) is 2. The Labute approximate surface area is 89.5 Å². The molecule has 0 atom stereocenters. The number of nitrogens with zero attached hydrogens (tertiary/aromatic N) is 3. The molecule has 1 aromatic carbocycles. The molecule has 0 saturated carbocycles. The van der Waals surface area contributed by atoms with Gasteiger partial charge in [-0.3, -0.25) is 0 Å². The van der Waals surface area contributed by atoms with E-state index in [0.717, 1.165) is 16.6 Å². The summed E-state index contributed by atoms with van der Waals surface area (Å²) < 4.78 is 37.7. The SMILES string of the molecule is FC(F)(F)c1ncn(Cc2cc[c]cc2)n1. The molecule has 3 nitrogen and oxygen atoms in total. The third-order valence-corrected chi connectivity index (χ3v) is 1.92. The van der Waals surface area contributed by atoms with Crippen molar-refractivity contribution in [2.24, 2.45) is 0 Å². The molecular weight excluding hydrogens is 219 g/mol. The first-order chi connectivity index (χ1) is 7.55. The van der Waals surface area contributed by atoms with Gasteiger partial charge in [-0.25, -0.2) is 9.67 Å². The van der Waals surface area contributed by atoms with Crippen LogP contribution >= 0.6 is 0 Å². The highest BCUT2D eigenvalue weighted by molar-refractivity contribution is 5.13. The maximum Gasteiger partial charge on any atom is 0.453 e. The lowest BCUT2D eigenvalue weighted by Crippen LogP contribution is -2.09. The van der Waals surface area contributed by atoms with Crippen molar-refractivity contribution >= 4 is 0 Å². The second-order valence-electron chi connectivity index (χ2n) is 3.17. The Kier molecular flexibility index (Phi) is 2.64. The number of alkyl halides is 3. The second kappa shape index (κ2) is 3.96. The Balaban J connectivity index is 2.15. The minimum Gasteiger partial charge on any atom is -0.248 e. The molecule has 1 heterocycles. The first-order valence-corrected chi connectivity index (χ1v) is 4.47. The molecule has 0 aliphatic rings. The zero-order valence-electron chi connectivity index (χ0n) is 8.07. The maximum atomic E-state index is 12.2. The van der Waals surface area contributed by atoms with Gasteiger partial charge in [0.1, 0.15) is 6.33 Å². The molecule has 1 radical (unpaired) electrons. The lowest BCUT2D eigenvalue weighted by atomic mass is 10.2. The van der Waals surface area contributed by atoms with Gasteiger partial charge >= 0.3 is 6.18 Å². The van der Waals surface area contributed by atoms with Crippen LogP contribution in [0.1, 0.15) is 11.4 Å². The predicted octanol–water partition coefficient (Wildman–Crippen LogP) is 2.15. The molecule has 0 spiro atoms. The van der Waals surface area contributed by atoms with Gasteiger partial charge in [0.15, 0.2) is 0 Å². The van der Waals surface area contributed by atoms with E-state index in [9.17, 15) is 13.2 Å². The van der Waals surface area contributed by atoms with E-state index in [-0.39, 0.29) is 6.54 Å². The van der Waals surface area contributed by atoms with Crippen molar-refractivity contribution in [3.63, 3.8) is 0 Å². The lowest BCUT2D eigenvalue weighted by Gasteiger charge is -2.01. The molecule has 0 aliphatic carbocycles. The van der Waals surface area contributed by atoms with Crippen molar-refractivity contribution < 1.29 is 13.2 Å². The highest BCUT2D eigenvalue weighted by atomic mass is 19.4. The van der Waals surface area contributed by atoms with Crippen LogP contribution < -0.4 is 0 Å². The van der Waals surface area contributed by atoms with E-state index in [4.69, 9.17) is 0 Å². The van der Waals surface area contributed by atoms with Gasteiger partial charge in [0.2, 0.25) is 0 Å². The van der Waals surface area contributed by atoms with E-state index >= 15 is 0 Å². The Morgan fingerprint density at radius 1 is 1.25 bits per heavy atom. The smallest absolute Gasteiger partial charge is 0.248 e. The van der Waals surface area contributed by atoms with Gasteiger partial charge in [0, 0.05) is 0 Å². The number of benzene rings is 1. The summed E-state index contributed by atoms with van der Waals surface area (Å²) in [5, 5.41) is 3.35. The van der Waals surface area contributed by atoms with Crippen molar-refractivity contribution in [2.75, 3.05) is 0 Å². The largest absolute Gasteiger partial charge is 0.453 e. The summed E-state index contributed by atoms with van der Waals surface area (Å²) in [6.07, 6.45) is -3.42. The molecule has 16 heavy (non-hydrogen) atoms. The fourth-order valence-electron chi connectivity index (χ4n) is 1.21. The number of rotatable bonds is 2. The molecule has 2 rings (SSSR count). The molecule has 2 aromatic rings. The Bertz CT molecular complexity index is 462. The minimum atomic E-state index is -4.49. The summed E-state index contributed by atoms with van der Waals surface area (Å²) in [6.45, 7) is 0.262. The number of hydrogen-bond donors (Lipinski definition) is 0. The first kappa shape index (κ1) is 10.7. The van der Waals surface area contributed by atoms with Crippen LogP contribution in [0.25, 0.3) is 0 Å². The zero-order chi connectivity index (χ0) is 11.6. The van der Waals surface area contributed by atoms with Gasteiger partial charge in [-0.1, -0.05) is 24.3 Å². The average Bonchev–Trinajstić information content (AvgIpc) is 2.67. The molecule has 0 aliphatic heterocycles. The van der Waals surface area contributed by atoms with E-state index in [1.165, 1.54) is 0 Å². The Morgan fingerprint density at radius 2 is 1.94 bits per heavy atom. The molecule has 0 bridgehead atoms. The third kappa shape index (κ3) is 2.39. The van der Waals surface area contributed by atoms with Crippen molar-refractivity contribution in [1.82, 2.24) is 14.8 Å². The highest BCUT2D eigenvalue weighted by Gasteiger charge is 2.35. The van der Waals surface area contributed by atoms with Crippen molar-refractivity contribution in [3.8, 4) is 0 Å². The fourth-order valence-corrected chi connectivity index (χ4v) is 1.21. The van der Waals surface area contributed by atoms with E-state index < -0.39 is 12.0 Å². The van der Waals surface area contributed by atoms with Crippen LogP contribution in [0.5, 0.6) is 0 Å². The van der Waals surface area contributed by atoms with Gasteiger partial charge in [-0.05, 0) is 11.6 Å². The molecular formula is C10H7F3N3. The van der Waals surface area contributed by atoms with Gasteiger partial charge in [-0.2, -0.15) is 13.2 Å². The van der Waals surface area contributed by atoms with Crippen molar-refractivity contribution in [1.29, 1.82) is 0 Å². The number of halogens is 3. The van der Waals surface area contributed by atoms with Gasteiger partial charge < -0.3 is 0 Å². The topological polar surface area (TPSA) is 30.7 Å². The van der Waals surface area contributed by atoms with Crippen molar-refractivity contribution in [3.05, 3.63) is 48.0 Å². The lowest BCUT2D eigenvalue weighted by molar-refractivity contribution is -0.145. The van der Waals surface area contributed by atoms with Crippen LogP contribution in [0.2, 0.25) is 0 Å². The van der Waals surface area contributed by atoms with Crippen LogP contribution in [0.3, 0.4) is 0 Å². The Morgan fingerprint density at radius 3 is 2.50 bits per heavy atom. The van der Waals surface area contributed by atoms with Crippen LogP contribution in [0, 0.1) is 6.07 Å². The van der Waals surface area contributed by atoms with Crippen LogP contribution in [-0.4, -0.2) is 14.8 Å². The van der Waals surface area contributed by atoms with Gasteiger partial charge in [0.05, 0.1) is 6.54 Å². The predicted molar refractivity (Wildman–Crippen MR) is 49.4 cm³/mol. The maximum absolute atomic E-state index is 12.2. The summed E-state index contributed by atoms with van der Waals surface area (Å²) in [4.78, 5) is 3.20. The zero-order valence-corrected chi connectivity index (χ0v) is 8.07. The van der Waals surface area contributed by atoms with E-state index in [1.807, 2.05) is 0 Å². The molecule has 0 fully saturated rings. The van der Waals surface area contributed by atoms with Crippen LogP contribution in [-0.2, 0) is 12.7 Å². The second-order valence-corrected chi connectivity index (χ2v) is 3.17. The summed E-state index contributed by atoms with van der Waals surface area (Å²) in [6, 6.07) is 9.72. The van der Waals surface area contributed by atoms with E-state index in [0.29, 0.717) is 0 Å². The normalized spacial score (nSPS) is 11.7. The molecule has 6 heteroatoms. The third-order valence-electron chi connectivity index (χ3n) is 1.92. The Hall–Kier alpha value is -1.85. The molecule has 0 unspecified atom stereocenters. The average molecular weight is 226 g/mol. The van der Waals surface area contributed by atoms with Crippen molar-refractivity contribution in [2.45, 2.75) is 12.7 Å². The summed E-state index contributed by atoms with van der Waals surface area (Å²) in [5.74, 6) is -1.12. The quantitative estimate of drug-likeness (QED) is 0.785. The molecule has 0 N–H and O–H groups in total.